The van der Waals surface area contributed by atoms with Gasteiger partial charge in [0.05, 0.1) is 76.2 Å². The molecule has 0 saturated carbocycles. The molecule has 0 fully saturated rings. The highest BCUT2D eigenvalue weighted by Gasteiger charge is 2.46. The molecule has 7 heteroatoms. The fraction of sp³-hybridized carbons (Fsp3) is 0.237. The molecule has 19 aromatic rings. The highest BCUT2D eigenvalue weighted by Crippen LogP contribution is 2.56. The van der Waals surface area contributed by atoms with Gasteiger partial charge in [-0.1, -0.05) is 327 Å². The van der Waals surface area contributed by atoms with Gasteiger partial charge in [-0.15, -0.1) is 11.3 Å². The van der Waals surface area contributed by atoms with Crippen LogP contribution in [0.2, 0.25) is 0 Å². The molecule has 2 aliphatic rings. The van der Waals surface area contributed by atoms with Crippen LogP contribution in [0.15, 0.2) is 297 Å². The summed E-state index contributed by atoms with van der Waals surface area (Å²) in [6.45, 7) is 47.8. The minimum atomic E-state index is -0.546. The molecule has 618 valence electrons. The first-order valence-corrected chi connectivity index (χ1v) is 45.2. The smallest absolute Gasteiger partial charge is 0.252 e. The van der Waals surface area contributed by atoms with E-state index in [2.05, 4.69) is 407 Å². The molecule has 4 aromatic heterocycles. The third kappa shape index (κ3) is 13.0. The summed E-state index contributed by atoms with van der Waals surface area (Å²) < 4.78 is 86.1. The van der Waals surface area contributed by atoms with Crippen LogP contribution in [-0.4, -0.2) is 20.4 Å². The zero-order valence-corrected chi connectivity index (χ0v) is 76.7. The Kier molecular flexibility index (Phi) is 15.9. The summed E-state index contributed by atoms with van der Waals surface area (Å²) >= 11 is 1.78. The van der Waals surface area contributed by atoms with E-state index in [4.69, 9.17) is 0 Å². The van der Waals surface area contributed by atoms with Gasteiger partial charge in [-0.05, 0) is 231 Å². The maximum atomic E-state index is 10.1. The number of nitrogens with zero attached hydrogens (tertiary/aromatic N) is 5. The summed E-state index contributed by atoms with van der Waals surface area (Å²) in [6, 6.07) is 91.0. The zero-order chi connectivity index (χ0) is 94.0. The van der Waals surface area contributed by atoms with Crippen molar-refractivity contribution in [1.29, 1.82) is 0 Å². The number of aromatic nitrogens is 3. The van der Waals surface area contributed by atoms with E-state index in [-0.39, 0.29) is 71.8 Å². The predicted octanol–water partition coefficient (Wildman–Crippen LogP) is 31.5. The molecule has 125 heavy (non-hydrogen) atoms. The lowest BCUT2D eigenvalue weighted by Crippen LogP contribution is -2.61. The Balaban J connectivity index is 0.968. The quantitative estimate of drug-likeness (QED) is 0.141. The lowest BCUT2D eigenvalue weighted by molar-refractivity contribution is 0.569. The third-order valence-corrected chi connectivity index (χ3v) is 28.2. The van der Waals surface area contributed by atoms with Crippen molar-refractivity contribution in [2.75, 3.05) is 9.80 Å². The molecule has 0 spiro atoms. The molecule has 0 aliphatic carbocycles. The highest BCUT2D eigenvalue weighted by atomic mass is 32.1. The summed E-state index contributed by atoms with van der Waals surface area (Å²) in [5.74, 6) is 0. The summed E-state index contributed by atoms with van der Waals surface area (Å²) in [5, 5.41) is 6.84. The molecule has 0 bridgehead atoms. The molecule has 0 atom stereocenters. The van der Waals surface area contributed by atoms with Crippen LogP contribution in [0.4, 0.5) is 34.1 Å². The zero-order valence-electron chi connectivity index (χ0n) is 83.9. The first-order valence-electron chi connectivity index (χ1n) is 48.4. The number of fused-ring (bicyclic) bond motifs is 16. The van der Waals surface area contributed by atoms with Crippen molar-refractivity contribution in [3.8, 4) is 50.4 Å². The maximum Gasteiger partial charge on any atom is 0.252 e. The molecule has 6 heterocycles. The highest BCUT2D eigenvalue weighted by molar-refractivity contribution is 7.27. The summed E-state index contributed by atoms with van der Waals surface area (Å²) in [7, 11) is 0. The Morgan fingerprint density at radius 3 is 1.09 bits per heavy atom. The molecule has 0 N–H and O–H groups in total. The molecule has 0 unspecified atom stereocenters. The van der Waals surface area contributed by atoms with E-state index in [1.165, 1.54) is 49.7 Å². The van der Waals surface area contributed by atoms with Crippen LogP contribution >= 0.6 is 11.3 Å². The van der Waals surface area contributed by atoms with Crippen LogP contribution in [0, 0.1) is 0 Å². The molecule has 2 aliphatic heterocycles. The molecule has 15 aromatic carbocycles. The van der Waals surface area contributed by atoms with Crippen molar-refractivity contribution in [3.05, 3.63) is 336 Å². The van der Waals surface area contributed by atoms with Gasteiger partial charge in [0.15, 0.2) is 0 Å². The molecular weight excluding hydrogens is 1530 g/mol. The van der Waals surface area contributed by atoms with Gasteiger partial charge in [0.25, 0.3) is 6.71 Å². The monoisotopic (exact) mass is 1650 g/mol. The van der Waals surface area contributed by atoms with Crippen LogP contribution < -0.4 is 26.2 Å². The van der Waals surface area contributed by atoms with Crippen LogP contribution in [0.1, 0.15) is 195 Å². The fourth-order valence-electron chi connectivity index (χ4n) is 19.8. The van der Waals surface area contributed by atoms with Gasteiger partial charge >= 0.3 is 0 Å². The molecule has 0 amide bonds. The van der Waals surface area contributed by atoms with Gasteiger partial charge in [0, 0.05) is 82.7 Å². The van der Waals surface area contributed by atoms with Crippen LogP contribution in [0.5, 0.6) is 0 Å². The number of benzene rings is 15. The Labute approximate surface area is 753 Å². The van der Waals surface area contributed by atoms with E-state index in [1.54, 1.807) is 15.9 Å². The first kappa shape index (κ1) is 70.9. The standard InChI is InChI=1S/C118H112BN5S/c1-112(2,3)75-47-54-98-90(62-75)91-63-76(113(4,5)6)48-55-99(91)121(98)83-69-106-108-107(70-83)124(109-88(71-34-24-22-25-35-71)66-81(118(19,20)21)67-89(109)72-36-26-23-27-37-72)104-60-73(74-58-79(116(13,14)15)61-80(59-74)117(16,17)18)46-52-94(104)119(108)95-53-51-82(120-96-42-30-28-38-84(96)85-39-29-31-43-97(85)120)68-105(95)123(106)103-45-33-41-87-86-40-32-44-102(110(86)125-111(87)103)122-100-56-49-77(114(7,8)9)64-92(100)93-65-78(115(10,11)12)50-57-101(93)122/h22-70H,1-21H3/i28D,29D,30D,31D,38D,39D,42D,43D. The average molecular weight is 1650 g/mol. The number of para-hydroxylation sites is 2. The van der Waals surface area contributed by atoms with Gasteiger partial charge in [0.1, 0.15) is 0 Å². The molecule has 0 radical (unpaired) electrons. The van der Waals surface area contributed by atoms with Crippen LogP contribution in [0.25, 0.3) is 136 Å². The second-order valence-corrected chi connectivity index (χ2v) is 43.5. The number of hydrogen-bond acceptors (Lipinski definition) is 3. The van der Waals surface area contributed by atoms with Gasteiger partial charge in [-0.3, -0.25) is 0 Å². The van der Waals surface area contributed by atoms with Crippen LogP contribution in [0.3, 0.4) is 0 Å². The molecular formula is C118H112BN5S. The fourth-order valence-corrected chi connectivity index (χ4v) is 21.1. The average Bonchev–Trinajstić information content (AvgIpc) is 1.58. The number of thiophene rings is 1. The van der Waals surface area contributed by atoms with Crippen molar-refractivity contribution in [2.24, 2.45) is 0 Å². The molecule has 0 saturated heterocycles. The third-order valence-electron chi connectivity index (χ3n) is 26.9. The van der Waals surface area contributed by atoms with Gasteiger partial charge in [-0.25, -0.2) is 0 Å². The van der Waals surface area contributed by atoms with E-state index >= 15 is 0 Å². The normalized spacial score (nSPS) is 14.5. The molecule has 21 rings (SSSR count). The Hall–Kier alpha value is -12.4. The topological polar surface area (TPSA) is 21.3 Å². The predicted molar refractivity (Wildman–Crippen MR) is 544 cm³/mol. The van der Waals surface area contributed by atoms with Crippen molar-refractivity contribution in [2.45, 2.75) is 183 Å². The number of rotatable bonds is 8. The SMILES string of the molecule is [2H]c1c([2H])c([2H])c2c(c1[2H])c1c([2H])c([2H])c([2H])c([2H])c1n2-c1ccc2c(c1)N(c1cccc3c1sc1c(-n4c5ccc(C(C)(C)C)cc5c5cc(C(C)(C)C)ccc54)cccc13)c1cc(-n3c4ccc(C(C)(C)C)cc4c4cc(C(C)(C)C)ccc43)cc3c1B2c1ccc(-c2cc(C(C)(C)C)cc(C(C)(C)C)c2)cc1N3c1c(-c2ccccc2)cc(C(C)(C)C)cc1-c1ccccc1. The Morgan fingerprint density at radius 1 is 0.248 bits per heavy atom. The van der Waals surface area contributed by atoms with E-state index in [1.807, 2.05) is 6.07 Å². The van der Waals surface area contributed by atoms with Crippen molar-refractivity contribution < 1.29 is 11.0 Å². The molecule has 5 nitrogen and oxygen atoms in total. The second kappa shape index (κ2) is 28.0. The van der Waals surface area contributed by atoms with Crippen molar-refractivity contribution >= 4 is 154 Å². The minimum absolute atomic E-state index is 0.0102. The van der Waals surface area contributed by atoms with E-state index in [9.17, 15) is 11.0 Å². The van der Waals surface area contributed by atoms with E-state index in [0.717, 1.165) is 148 Å². The van der Waals surface area contributed by atoms with Gasteiger partial charge in [0.2, 0.25) is 0 Å². The number of hydrogen-bond donors (Lipinski definition) is 0. The van der Waals surface area contributed by atoms with Crippen molar-refractivity contribution in [3.63, 3.8) is 0 Å². The lowest BCUT2D eigenvalue weighted by atomic mass is 9.33. The van der Waals surface area contributed by atoms with E-state index < -0.39 is 43.0 Å². The summed E-state index contributed by atoms with van der Waals surface area (Å²) in [5.41, 5.74) is 29.0. The minimum Gasteiger partial charge on any atom is -0.310 e. The first-order chi connectivity index (χ1) is 62.7. The number of anilines is 6. The lowest BCUT2D eigenvalue weighted by Gasteiger charge is -2.45. The second-order valence-electron chi connectivity index (χ2n) is 42.5. The summed E-state index contributed by atoms with van der Waals surface area (Å²) in [6.07, 6.45) is 0. The Morgan fingerprint density at radius 2 is 0.632 bits per heavy atom. The van der Waals surface area contributed by atoms with Crippen molar-refractivity contribution in [1.82, 2.24) is 13.7 Å². The van der Waals surface area contributed by atoms with Gasteiger partial charge < -0.3 is 23.5 Å². The van der Waals surface area contributed by atoms with E-state index in [0.29, 0.717) is 5.69 Å². The Bertz CT molecular complexity index is 7910. The van der Waals surface area contributed by atoms with Gasteiger partial charge in [-0.2, -0.15) is 0 Å². The maximum absolute atomic E-state index is 10.1. The summed E-state index contributed by atoms with van der Waals surface area (Å²) in [4.78, 5) is 5.14. The largest absolute Gasteiger partial charge is 0.310 e. The van der Waals surface area contributed by atoms with Crippen LogP contribution in [-0.2, 0) is 37.9 Å².